The molecule has 4 unspecified atom stereocenters. The number of alkyl halides is 2. The van der Waals surface area contributed by atoms with Crippen molar-refractivity contribution >= 4 is 34.1 Å². The number of Topliss-reactive ketones (excluding diaryl/α,β-unsaturated/α-hetero) is 2. The summed E-state index contributed by atoms with van der Waals surface area (Å²) in [6, 6.07) is 35.1. The first-order chi connectivity index (χ1) is 37.0. The average molecular weight is 1410 g/mol. The molecule has 8 aliphatic carbocycles. The number of benzene rings is 4. The van der Waals surface area contributed by atoms with Crippen LogP contribution in [0.2, 0.25) is 0 Å². The molecule has 4 aromatic carbocycles. The largest absolute Gasteiger partial charge is 1.00 e. The minimum absolute atomic E-state index is 0. The molecule has 12 rings (SSSR count). The van der Waals surface area contributed by atoms with E-state index < -0.39 is 57.9 Å². The van der Waals surface area contributed by atoms with Gasteiger partial charge in [-0.25, -0.2) is 0 Å². The quantitative estimate of drug-likeness (QED) is 0.0722. The monoisotopic (exact) mass is 1410 g/mol. The van der Waals surface area contributed by atoms with Gasteiger partial charge in [0.2, 0.25) is 5.97 Å². The van der Waals surface area contributed by atoms with Gasteiger partial charge in [-0.1, -0.05) is 0 Å². The Balaban J connectivity index is 0.000000236. The Morgan fingerprint density at radius 3 is 1.05 bits per heavy atom. The summed E-state index contributed by atoms with van der Waals surface area (Å²) in [6.45, 7) is 23.7. The van der Waals surface area contributed by atoms with Crippen molar-refractivity contribution in [3.8, 4) is 0 Å². The van der Waals surface area contributed by atoms with Crippen LogP contribution in [0.1, 0.15) is 169 Å². The van der Waals surface area contributed by atoms with Gasteiger partial charge in [0.1, 0.15) is 17.2 Å². The van der Waals surface area contributed by atoms with Crippen LogP contribution in [0.15, 0.2) is 97.1 Å². The zero-order chi connectivity index (χ0) is 59.0. The first kappa shape index (κ1) is 69.9. The standard InChI is InChI=1S/C32H38F2IO3.C20H26I.C12H13F2O3.ClH.Na.O3S/c1-29(2,3)23-6-10-25(11-7-23)35-26-12-8-24(9-13-26)30(4,5)19-32(33,34)28(37)38-31-16-20-14-21(17-31)27(36)22(15-20)18-31;1-19(2,3)15-7-11-17(12-8-15)21-18-13-9-16(10-14-18)20(4,5)6;13-10(14)11(16)17-12-3-6-1-7(4-12)9(15)8(2-6)5-12;;;1-4(2)3/h6-13,20-22H,14-19H2,1-5H3;7-14H,1-6H3;6-8H,1-5H2;1H;;/q3*-1;;+1;/p-1. The van der Waals surface area contributed by atoms with Gasteiger partial charge in [-0.05, 0) is 50.9 Å². The van der Waals surface area contributed by atoms with Crippen LogP contribution < -0.4 is 84.4 Å². The molecule has 0 saturated heterocycles. The Labute approximate surface area is 533 Å². The third-order valence-corrected chi connectivity index (χ3v) is 22.2. The van der Waals surface area contributed by atoms with Gasteiger partial charge < -0.3 is 25.9 Å². The topological polar surface area (TPSA) is 138 Å². The molecule has 8 bridgehead atoms. The molecule has 0 N–H and O–H groups in total. The Kier molecular flexibility index (Phi) is 23.4. The molecule has 0 heterocycles. The second kappa shape index (κ2) is 27.4. The van der Waals surface area contributed by atoms with Crippen LogP contribution in [-0.2, 0) is 60.9 Å². The van der Waals surface area contributed by atoms with E-state index in [1.165, 1.54) is 31.0 Å². The van der Waals surface area contributed by atoms with Crippen LogP contribution in [0.25, 0.3) is 0 Å². The predicted octanol–water partition coefficient (Wildman–Crippen LogP) is 1.63. The van der Waals surface area contributed by atoms with E-state index in [4.69, 9.17) is 22.1 Å². The minimum atomic E-state index is -3.60. The summed E-state index contributed by atoms with van der Waals surface area (Å²) in [5, 5.41) is 0. The van der Waals surface area contributed by atoms with Gasteiger partial charge in [0, 0.05) is 18.3 Å². The van der Waals surface area contributed by atoms with Gasteiger partial charge in [0.15, 0.2) is 0 Å². The van der Waals surface area contributed by atoms with Crippen molar-refractivity contribution in [3.63, 3.8) is 0 Å². The van der Waals surface area contributed by atoms with E-state index in [1.807, 2.05) is 24.3 Å². The molecular formula is C64H77ClF4I2NaO9S-3. The van der Waals surface area contributed by atoms with Gasteiger partial charge >= 0.3 is 393 Å². The van der Waals surface area contributed by atoms with Crippen molar-refractivity contribution in [2.45, 2.75) is 186 Å². The van der Waals surface area contributed by atoms with Crippen LogP contribution in [0, 0.1) is 56.2 Å². The Bertz CT molecular complexity index is 2900. The molecule has 0 radical (unpaired) electrons. The van der Waals surface area contributed by atoms with Crippen LogP contribution >= 0.6 is 0 Å². The maximum absolute atomic E-state index is 15.3. The smallest absolute Gasteiger partial charge is 1.00 e. The molecule has 8 fully saturated rings. The molecule has 8 aliphatic rings. The molecule has 4 aromatic rings. The van der Waals surface area contributed by atoms with Crippen LogP contribution in [0.4, 0.5) is 17.6 Å². The number of hydrogen-bond acceptors (Lipinski definition) is 9. The zero-order valence-corrected chi connectivity index (χ0v) is 57.1. The summed E-state index contributed by atoms with van der Waals surface area (Å²) in [7, 11) is -3.11. The van der Waals surface area contributed by atoms with E-state index in [9.17, 15) is 28.0 Å². The Morgan fingerprint density at radius 1 is 0.512 bits per heavy atom. The van der Waals surface area contributed by atoms with E-state index >= 15 is 8.78 Å². The molecule has 0 aliphatic heterocycles. The molecular weight excluding hydrogens is 1330 g/mol. The summed E-state index contributed by atoms with van der Waals surface area (Å²) >= 11 is -0.446. The van der Waals surface area contributed by atoms with Crippen molar-refractivity contribution < 1.29 is 143 Å². The van der Waals surface area contributed by atoms with Crippen molar-refractivity contribution in [3.05, 3.63) is 140 Å². The molecule has 18 heteroatoms. The van der Waals surface area contributed by atoms with Gasteiger partial charge in [0.05, 0.1) is 0 Å². The number of halogens is 7. The number of esters is 2. The normalized spacial score (nSPS) is 25.0. The summed E-state index contributed by atoms with van der Waals surface area (Å²) < 4.78 is 96.4. The molecule has 446 valence electrons. The van der Waals surface area contributed by atoms with Gasteiger partial charge in [-0.15, -0.1) is 12.6 Å². The van der Waals surface area contributed by atoms with Crippen molar-refractivity contribution in [1.29, 1.82) is 0 Å². The van der Waals surface area contributed by atoms with E-state index in [2.05, 4.69) is 135 Å². The third-order valence-electron chi connectivity index (χ3n) is 16.8. The molecule has 9 nitrogen and oxygen atoms in total. The van der Waals surface area contributed by atoms with E-state index in [1.54, 1.807) is 13.8 Å². The predicted molar refractivity (Wildman–Crippen MR) is 289 cm³/mol. The third kappa shape index (κ3) is 18.1. The van der Waals surface area contributed by atoms with Crippen molar-refractivity contribution in [1.82, 2.24) is 0 Å². The fraction of sp³-hybridized carbons (Fsp3) is 0.547. The maximum Gasteiger partial charge on any atom is 1.00 e. The molecule has 0 aromatic heterocycles. The molecule has 8 saturated carbocycles. The minimum Gasteiger partial charge on any atom is -1.00 e. The number of carbonyl (C=O) groups excluding carboxylic acids is 4. The fourth-order valence-corrected chi connectivity index (χ4v) is 17.4. The average Bonchev–Trinajstić information content (AvgIpc) is 3.34. The second-order valence-electron chi connectivity index (χ2n) is 26.8. The Hall–Kier alpha value is -2.88. The van der Waals surface area contributed by atoms with E-state index in [0.717, 1.165) is 31.2 Å². The number of ether oxygens (including phenoxy) is 2. The van der Waals surface area contributed by atoms with E-state index in [-0.39, 0.29) is 136 Å². The molecule has 0 spiro atoms. The summed E-state index contributed by atoms with van der Waals surface area (Å²) in [6.07, 6.45) is 3.37. The summed E-state index contributed by atoms with van der Waals surface area (Å²) in [4.78, 5) is 48.1. The Morgan fingerprint density at radius 2 is 0.780 bits per heavy atom. The fourth-order valence-electron chi connectivity index (χ4n) is 13.1. The first-order valence-electron chi connectivity index (χ1n) is 27.6. The number of carbonyl (C=O) groups is 4. The first-order valence-corrected chi connectivity index (χ1v) is 32.9. The zero-order valence-electron chi connectivity index (χ0n) is 49.2. The molecule has 4 atom stereocenters. The van der Waals surface area contributed by atoms with Gasteiger partial charge in [-0.2, -0.15) is 0 Å². The summed E-state index contributed by atoms with van der Waals surface area (Å²) in [5.74, 6) is -5.79. The van der Waals surface area contributed by atoms with Crippen molar-refractivity contribution in [2.75, 3.05) is 0 Å². The maximum atomic E-state index is 15.3. The van der Waals surface area contributed by atoms with Crippen LogP contribution in [0.3, 0.4) is 0 Å². The van der Waals surface area contributed by atoms with Crippen LogP contribution in [-0.4, -0.2) is 53.3 Å². The number of ketones is 2. The van der Waals surface area contributed by atoms with Gasteiger partial charge in [-0.3, -0.25) is 14.4 Å². The van der Waals surface area contributed by atoms with E-state index in [0.29, 0.717) is 50.4 Å². The SMILES string of the molecule is CC(C)(C)c1ccc([I-]c2ccc(C(C)(C)C)cc2)cc1.CC(C)(C)c1ccc([I-]c2ccc(C(C)(C)CC(F)(F)C(=O)OC34CC5CC(C3)C(=O)C(C5)C4)cc2)cc1.O=C(OC12CC3CC(C1)C(=O)C(C3)C2)[C-](F)F.O=S(=O)=O.[Cl-].[Na+]. The number of rotatable bonds is 11. The molecule has 82 heavy (non-hydrogen) atoms. The van der Waals surface area contributed by atoms with Crippen LogP contribution in [0.5, 0.6) is 0 Å². The molecule has 0 amide bonds. The van der Waals surface area contributed by atoms with Crippen molar-refractivity contribution in [2.24, 2.45) is 35.5 Å². The second-order valence-corrected chi connectivity index (χ2v) is 33.3. The summed E-state index contributed by atoms with van der Waals surface area (Å²) in [5.41, 5.74) is 2.93. The number of hydrogen-bond donors (Lipinski definition) is 0. The van der Waals surface area contributed by atoms with Gasteiger partial charge in [0.25, 0.3) is 0 Å².